The molecule has 5 rings (SSSR count). The standard InChI is InChI=1S/C20H21BrN4O3/c21-13-5-3-4-12(10-13)18-22-17(28-23-18)11-24-16-7-2-1-6-15(16)19(26)25(20(24)27)14-8-9-14/h3-5,10,14-16H,1-2,6-9,11H2. The number of imide groups is 1. The first-order chi connectivity index (χ1) is 13.6. The van der Waals surface area contributed by atoms with Crippen molar-refractivity contribution in [2.45, 2.75) is 57.2 Å². The highest BCUT2D eigenvalue weighted by Crippen LogP contribution is 2.39. The number of aromatic nitrogens is 2. The zero-order valence-electron chi connectivity index (χ0n) is 15.4. The molecule has 1 aliphatic heterocycles. The minimum absolute atomic E-state index is 0.0220. The van der Waals surface area contributed by atoms with Gasteiger partial charge in [0.1, 0.15) is 6.54 Å². The molecule has 3 amide bonds. The Morgan fingerprint density at radius 1 is 1.14 bits per heavy atom. The minimum Gasteiger partial charge on any atom is -0.337 e. The maximum atomic E-state index is 13.1. The molecule has 0 spiro atoms. The number of urea groups is 1. The van der Waals surface area contributed by atoms with Gasteiger partial charge in [0.2, 0.25) is 17.6 Å². The molecule has 2 saturated carbocycles. The highest BCUT2D eigenvalue weighted by molar-refractivity contribution is 9.10. The van der Waals surface area contributed by atoms with Crippen molar-refractivity contribution in [3.8, 4) is 11.4 Å². The van der Waals surface area contributed by atoms with Gasteiger partial charge in [0, 0.05) is 22.1 Å². The second-order valence-corrected chi connectivity index (χ2v) is 8.75. The van der Waals surface area contributed by atoms with E-state index >= 15 is 0 Å². The molecule has 146 valence electrons. The van der Waals surface area contributed by atoms with E-state index < -0.39 is 0 Å². The maximum Gasteiger partial charge on any atom is 0.327 e. The van der Waals surface area contributed by atoms with E-state index in [1.807, 2.05) is 24.3 Å². The number of rotatable bonds is 4. The summed E-state index contributed by atoms with van der Waals surface area (Å²) in [6, 6.07) is 7.49. The van der Waals surface area contributed by atoms with Crippen LogP contribution in [0, 0.1) is 5.92 Å². The molecule has 0 radical (unpaired) electrons. The molecular formula is C20H21BrN4O3. The maximum absolute atomic E-state index is 13.1. The average molecular weight is 445 g/mol. The number of halogens is 1. The van der Waals surface area contributed by atoms with Crippen LogP contribution in [0.3, 0.4) is 0 Å². The summed E-state index contributed by atoms with van der Waals surface area (Å²) in [5, 5.41) is 4.08. The van der Waals surface area contributed by atoms with Gasteiger partial charge in [-0.15, -0.1) is 0 Å². The number of hydrogen-bond acceptors (Lipinski definition) is 5. The van der Waals surface area contributed by atoms with Gasteiger partial charge in [0.25, 0.3) is 0 Å². The van der Waals surface area contributed by atoms with Gasteiger partial charge in [-0.3, -0.25) is 9.69 Å². The lowest BCUT2D eigenvalue weighted by molar-refractivity contribution is -0.141. The molecule has 0 bridgehead atoms. The van der Waals surface area contributed by atoms with E-state index in [1.165, 1.54) is 4.90 Å². The molecule has 1 saturated heterocycles. The molecule has 2 unspecified atom stereocenters. The van der Waals surface area contributed by atoms with Crippen molar-refractivity contribution in [2.75, 3.05) is 0 Å². The van der Waals surface area contributed by atoms with Crippen LogP contribution in [0.5, 0.6) is 0 Å². The fraction of sp³-hybridized carbons (Fsp3) is 0.500. The summed E-state index contributed by atoms with van der Waals surface area (Å²) in [6.45, 7) is 0.248. The average Bonchev–Trinajstić information content (AvgIpc) is 3.42. The van der Waals surface area contributed by atoms with Crippen LogP contribution in [0.15, 0.2) is 33.3 Å². The minimum atomic E-state index is -0.196. The van der Waals surface area contributed by atoms with Crippen molar-refractivity contribution in [3.05, 3.63) is 34.6 Å². The van der Waals surface area contributed by atoms with E-state index in [0.29, 0.717) is 11.7 Å². The van der Waals surface area contributed by atoms with Crippen LogP contribution in [0.1, 0.15) is 44.4 Å². The van der Waals surface area contributed by atoms with E-state index in [1.54, 1.807) is 4.90 Å². The fourth-order valence-electron chi connectivity index (χ4n) is 4.39. The summed E-state index contributed by atoms with van der Waals surface area (Å²) >= 11 is 3.45. The van der Waals surface area contributed by atoms with Crippen LogP contribution in [0.25, 0.3) is 11.4 Å². The first-order valence-electron chi connectivity index (χ1n) is 9.84. The van der Waals surface area contributed by atoms with Gasteiger partial charge in [0.15, 0.2) is 0 Å². The van der Waals surface area contributed by atoms with Gasteiger partial charge in [-0.05, 0) is 37.8 Å². The molecule has 2 aliphatic carbocycles. The van der Waals surface area contributed by atoms with Crippen LogP contribution in [0.4, 0.5) is 4.79 Å². The third-order valence-corrected chi connectivity index (χ3v) is 6.40. The third kappa shape index (κ3) is 3.13. The lowest BCUT2D eigenvalue weighted by atomic mass is 9.81. The van der Waals surface area contributed by atoms with Gasteiger partial charge < -0.3 is 9.42 Å². The Balaban J connectivity index is 1.41. The summed E-state index contributed by atoms with van der Waals surface area (Å²) < 4.78 is 6.39. The topological polar surface area (TPSA) is 79.5 Å². The molecule has 8 heteroatoms. The number of amides is 3. The predicted molar refractivity (Wildman–Crippen MR) is 104 cm³/mol. The fourth-order valence-corrected chi connectivity index (χ4v) is 4.79. The monoisotopic (exact) mass is 444 g/mol. The Bertz CT molecular complexity index is 926. The predicted octanol–water partition coefficient (Wildman–Crippen LogP) is 3.98. The van der Waals surface area contributed by atoms with Crippen molar-refractivity contribution < 1.29 is 14.1 Å². The molecule has 1 aromatic heterocycles. The van der Waals surface area contributed by atoms with Crippen molar-refractivity contribution in [3.63, 3.8) is 0 Å². The highest BCUT2D eigenvalue weighted by Gasteiger charge is 2.51. The van der Waals surface area contributed by atoms with Crippen molar-refractivity contribution in [1.29, 1.82) is 0 Å². The molecule has 3 fully saturated rings. The van der Waals surface area contributed by atoms with Crippen molar-refractivity contribution in [1.82, 2.24) is 19.9 Å². The summed E-state index contributed by atoms with van der Waals surface area (Å²) in [4.78, 5) is 33.8. The lowest BCUT2D eigenvalue weighted by Crippen LogP contribution is -2.62. The van der Waals surface area contributed by atoms with E-state index in [9.17, 15) is 9.59 Å². The smallest absolute Gasteiger partial charge is 0.327 e. The van der Waals surface area contributed by atoms with Crippen LogP contribution in [-0.4, -0.2) is 44.0 Å². The Morgan fingerprint density at radius 2 is 1.96 bits per heavy atom. The van der Waals surface area contributed by atoms with Gasteiger partial charge >= 0.3 is 6.03 Å². The summed E-state index contributed by atoms with van der Waals surface area (Å²) in [5.41, 5.74) is 0.847. The van der Waals surface area contributed by atoms with Crippen LogP contribution < -0.4 is 0 Å². The molecule has 1 aromatic carbocycles. The molecule has 2 heterocycles. The van der Waals surface area contributed by atoms with Crippen molar-refractivity contribution >= 4 is 27.9 Å². The Labute approximate surface area is 171 Å². The zero-order chi connectivity index (χ0) is 19.3. The SMILES string of the molecule is O=C1C2CCCCC2N(Cc2nc(-c3cccc(Br)c3)no2)C(=O)N1C1CC1. The van der Waals surface area contributed by atoms with E-state index in [2.05, 4.69) is 26.1 Å². The Hall–Kier alpha value is -2.22. The first kappa shape index (κ1) is 17.8. The van der Waals surface area contributed by atoms with Crippen LogP contribution >= 0.6 is 15.9 Å². The molecule has 7 nitrogen and oxygen atoms in total. The molecule has 2 atom stereocenters. The molecule has 2 aromatic rings. The number of nitrogens with zero attached hydrogens (tertiary/aromatic N) is 4. The second kappa shape index (κ2) is 6.99. The van der Waals surface area contributed by atoms with Crippen LogP contribution in [0.2, 0.25) is 0 Å². The molecule has 3 aliphatic rings. The summed E-state index contributed by atoms with van der Waals surface area (Å²) in [7, 11) is 0. The number of benzene rings is 1. The van der Waals surface area contributed by atoms with Crippen molar-refractivity contribution in [2.24, 2.45) is 5.92 Å². The number of hydrogen-bond donors (Lipinski definition) is 0. The largest absolute Gasteiger partial charge is 0.337 e. The number of fused-ring (bicyclic) bond motifs is 1. The third-order valence-electron chi connectivity index (χ3n) is 5.90. The zero-order valence-corrected chi connectivity index (χ0v) is 17.0. The Kier molecular flexibility index (Phi) is 4.45. The van der Waals surface area contributed by atoms with E-state index in [4.69, 9.17) is 4.52 Å². The van der Waals surface area contributed by atoms with E-state index in [0.717, 1.165) is 48.6 Å². The van der Waals surface area contributed by atoms with Gasteiger partial charge in [-0.25, -0.2) is 4.79 Å². The Morgan fingerprint density at radius 3 is 2.75 bits per heavy atom. The number of carbonyl (C=O) groups excluding carboxylic acids is 2. The van der Waals surface area contributed by atoms with Gasteiger partial charge in [0.05, 0.1) is 5.92 Å². The van der Waals surface area contributed by atoms with Gasteiger partial charge in [-0.1, -0.05) is 46.1 Å². The normalized spacial score (nSPS) is 25.2. The lowest BCUT2D eigenvalue weighted by Gasteiger charge is -2.46. The van der Waals surface area contributed by atoms with E-state index in [-0.39, 0.29) is 36.5 Å². The molecular weight excluding hydrogens is 424 g/mol. The quantitative estimate of drug-likeness (QED) is 0.711. The number of carbonyl (C=O) groups is 2. The van der Waals surface area contributed by atoms with Crippen LogP contribution in [-0.2, 0) is 11.3 Å². The molecule has 28 heavy (non-hydrogen) atoms. The molecule has 0 N–H and O–H groups in total. The summed E-state index contributed by atoms with van der Waals surface area (Å²) in [6.07, 6.45) is 5.61. The van der Waals surface area contributed by atoms with Gasteiger partial charge in [-0.2, -0.15) is 4.98 Å². The second-order valence-electron chi connectivity index (χ2n) is 7.83. The first-order valence-corrected chi connectivity index (χ1v) is 10.6. The summed E-state index contributed by atoms with van der Waals surface area (Å²) in [5.74, 6) is 0.821. The highest BCUT2D eigenvalue weighted by atomic mass is 79.9.